The number of nitrogens with zero attached hydrogens (tertiary/aromatic N) is 2. The van der Waals surface area contributed by atoms with Crippen molar-refractivity contribution in [3.05, 3.63) is 41.8 Å². The van der Waals surface area contributed by atoms with Crippen LogP contribution in [-0.4, -0.2) is 34.3 Å². The van der Waals surface area contributed by atoms with Crippen molar-refractivity contribution in [3.8, 4) is 22.7 Å². The number of hydrogen-bond donors (Lipinski definition) is 3. The Hall–Kier alpha value is -2.65. The molecule has 7 nitrogen and oxygen atoms in total. The first-order valence-electron chi connectivity index (χ1n) is 9.31. The number of nitrogens with one attached hydrogen (secondary N) is 2. The molecule has 0 saturated heterocycles. The minimum atomic E-state index is -0.0761. The lowest BCUT2D eigenvalue weighted by atomic mass is 10.1. The SMILES string of the molecule is O=C(CS)NCCCCCC(=O)Nc1nc(-c2cc(-c3ccccc3)no2)cs1. The van der Waals surface area contributed by atoms with Gasteiger partial charge in [0, 0.05) is 30.0 Å². The second kappa shape index (κ2) is 10.8. The molecule has 0 spiro atoms. The fraction of sp³-hybridized carbons (Fsp3) is 0.300. The lowest BCUT2D eigenvalue weighted by Gasteiger charge is -2.03. The molecule has 2 amide bonds. The number of carbonyl (C=O) groups excluding carboxylic acids is 2. The molecule has 0 saturated carbocycles. The Balaban J connectivity index is 1.44. The normalized spacial score (nSPS) is 10.7. The lowest BCUT2D eigenvalue weighted by Crippen LogP contribution is -2.25. The van der Waals surface area contributed by atoms with Crippen LogP contribution in [0, 0.1) is 0 Å². The summed E-state index contributed by atoms with van der Waals surface area (Å²) >= 11 is 5.24. The number of carbonyl (C=O) groups is 2. The Bertz CT molecular complexity index is 940. The van der Waals surface area contributed by atoms with Gasteiger partial charge in [-0.25, -0.2) is 4.98 Å². The van der Waals surface area contributed by atoms with E-state index in [1.807, 2.05) is 41.8 Å². The number of thiazole rings is 1. The Morgan fingerprint density at radius 3 is 2.69 bits per heavy atom. The maximum Gasteiger partial charge on any atom is 0.229 e. The minimum Gasteiger partial charge on any atom is -0.355 e. The molecule has 0 bridgehead atoms. The first-order chi connectivity index (χ1) is 14.2. The van der Waals surface area contributed by atoms with Crippen molar-refractivity contribution in [2.75, 3.05) is 17.6 Å². The molecule has 3 rings (SSSR count). The second-order valence-electron chi connectivity index (χ2n) is 6.35. The summed E-state index contributed by atoms with van der Waals surface area (Å²) in [7, 11) is 0. The van der Waals surface area contributed by atoms with Gasteiger partial charge in [-0.15, -0.1) is 11.3 Å². The minimum absolute atomic E-state index is 0.0757. The van der Waals surface area contributed by atoms with Crippen molar-refractivity contribution in [1.29, 1.82) is 0 Å². The van der Waals surface area contributed by atoms with E-state index in [4.69, 9.17) is 4.52 Å². The van der Waals surface area contributed by atoms with Gasteiger partial charge in [0.2, 0.25) is 11.8 Å². The van der Waals surface area contributed by atoms with E-state index >= 15 is 0 Å². The lowest BCUT2D eigenvalue weighted by molar-refractivity contribution is -0.118. The first-order valence-corrected chi connectivity index (χ1v) is 10.8. The molecule has 0 fully saturated rings. The Labute approximate surface area is 178 Å². The number of amides is 2. The predicted molar refractivity (Wildman–Crippen MR) is 117 cm³/mol. The third kappa shape index (κ3) is 6.43. The van der Waals surface area contributed by atoms with E-state index in [0.29, 0.717) is 29.6 Å². The summed E-state index contributed by atoms with van der Waals surface area (Å²) < 4.78 is 5.40. The quantitative estimate of drug-likeness (QED) is 0.334. The Kier molecular flexibility index (Phi) is 7.83. The molecule has 9 heteroatoms. The van der Waals surface area contributed by atoms with Crippen molar-refractivity contribution in [3.63, 3.8) is 0 Å². The maximum absolute atomic E-state index is 12.1. The highest BCUT2D eigenvalue weighted by atomic mass is 32.1. The van der Waals surface area contributed by atoms with Crippen LogP contribution in [0.2, 0.25) is 0 Å². The Morgan fingerprint density at radius 1 is 1.07 bits per heavy atom. The fourth-order valence-electron chi connectivity index (χ4n) is 2.64. The predicted octanol–water partition coefficient (Wildman–Crippen LogP) is 4.01. The average Bonchev–Trinajstić information content (AvgIpc) is 3.40. The van der Waals surface area contributed by atoms with Gasteiger partial charge in [0.15, 0.2) is 10.9 Å². The highest BCUT2D eigenvalue weighted by Gasteiger charge is 2.13. The number of aromatic nitrogens is 2. The monoisotopic (exact) mass is 430 g/mol. The molecule has 0 unspecified atom stereocenters. The number of thiol groups is 1. The summed E-state index contributed by atoms with van der Waals surface area (Å²) in [5.41, 5.74) is 2.35. The molecule has 2 N–H and O–H groups in total. The van der Waals surface area contributed by atoms with Crippen molar-refractivity contribution < 1.29 is 14.1 Å². The van der Waals surface area contributed by atoms with E-state index in [2.05, 4.69) is 33.4 Å². The molecule has 0 aliphatic heterocycles. The summed E-state index contributed by atoms with van der Waals surface area (Å²) in [6, 6.07) is 11.6. The van der Waals surface area contributed by atoms with Gasteiger partial charge in [-0.2, -0.15) is 12.6 Å². The molecule has 3 aromatic rings. The van der Waals surface area contributed by atoms with Crippen LogP contribution in [-0.2, 0) is 9.59 Å². The summed E-state index contributed by atoms with van der Waals surface area (Å²) in [6.45, 7) is 0.610. The van der Waals surface area contributed by atoms with Crippen LogP contribution in [0.25, 0.3) is 22.7 Å². The van der Waals surface area contributed by atoms with Crippen LogP contribution in [0.3, 0.4) is 0 Å². The standard InChI is InChI=1S/C20H22N4O3S2/c25-18(9-5-2-6-10-21-19(26)12-28)23-20-22-16(13-29-20)17-11-15(24-27-17)14-7-3-1-4-8-14/h1,3-4,7-8,11,13,28H,2,5-6,9-10,12H2,(H,21,26)(H,22,23,25). The van der Waals surface area contributed by atoms with Crippen LogP contribution < -0.4 is 10.6 Å². The topological polar surface area (TPSA) is 97.1 Å². The van der Waals surface area contributed by atoms with Gasteiger partial charge in [-0.3, -0.25) is 9.59 Å². The van der Waals surface area contributed by atoms with E-state index in [0.717, 1.165) is 30.5 Å². The summed E-state index contributed by atoms with van der Waals surface area (Å²) in [5.74, 6) is 0.602. The van der Waals surface area contributed by atoms with Gasteiger partial charge in [0.05, 0.1) is 5.75 Å². The third-order valence-corrected chi connectivity index (χ3v) is 5.17. The van der Waals surface area contributed by atoms with Crippen LogP contribution in [0.1, 0.15) is 25.7 Å². The zero-order valence-corrected chi connectivity index (χ0v) is 17.5. The second-order valence-corrected chi connectivity index (χ2v) is 7.52. The zero-order chi connectivity index (χ0) is 20.5. The molecule has 0 radical (unpaired) electrons. The summed E-state index contributed by atoms with van der Waals surface area (Å²) in [6.07, 6.45) is 2.87. The average molecular weight is 431 g/mol. The highest BCUT2D eigenvalue weighted by molar-refractivity contribution is 7.81. The van der Waals surface area contributed by atoms with Gasteiger partial charge in [-0.05, 0) is 12.8 Å². The van der Waals surface area contributed by atoms with E-state index in [1.54, 1.807) is 0 Å². The molecular weight excluding hydrogens is 408 g/mol. The third-order valence-electron chi connectivity index (χ3n) is 4.13. The Morgan fingerprint density at radius 2 is 1.90 bits per heavy atom. The molecule has 2 heterocycles. The van der Waals surface area contributed by atoms with E-state index < -0.39 is 0 Å². The molecule has 152 valence electrons. The van der Waals surface area contributed by atoms with Gasteiger partial charge in [0.1, 0.15) is 11.4 Å². The highest BCUT2D eigenvalue weighted by Crippen LogP contribution is 2.28. The molecule has 0 aliphatic carbocycles. The first kappa shape index (κ1) is 21.1. The molecule has 29 heavy (non-hydrogen) atoms. The number of hydrogen-bond acceptors (Lipinski definition) is 7. The van der Waals surface area contributed by atoms with Crippen molar-refractivity contribution in [1.82, 2.24) is 15.5 Å². The van der Waals surface area contributed by atoms with Gasteiger partial charge in [0.25, 0.3) is 0 Å². The molecular formula is C20H22N4O3S2. The van der Waals surface area contributed by atoms with Crippen molar-refractivity contribution in [2.24, 2.45) is 0 Å². The molecule has 2 aromatic heterocycles. The van der Waals surface area contributed by atoms with Crippen LogP contribution >= 0.6 is 24.0 Å². The van der Waals surface area contributed by atoms with E-state index in [1.165, 1.54) is 11.3 Å². The number of anilines is 1. The largest absolute Gasteiger partial charge is 0.355 e. The van der Waals surface area contributed by atoms with E-state index in [-0.39, 0.29) is 17.6 Å². The number of rotatable bonds is 10. The van der Waals surface area contributed by atoms with Crippen LogP contribution in [0.5, 0.6) is 0 Å². The fourth-order valence-corrected chi connectivity index (χ4v) is 3.47. The van der Waals surface area contributed by atoms with Gasteiger partial charge < -0.3 is 15.2 Å². The zero-order valence-electron chi connectivity index (χ0n) is 15.8. The van der Waals surface area contributed by atoms with Gasteiger partial charge in [-0.1, -0.05) is 41.9 Å². The van der Waals surface area contributed by atoms with Crippen LogP contribution in [0.15, 0.2) is 46.3 Å². The number of unbranched alkanes of at least 4 members (excludes halogenated alkanes) is 2. The van der Waals surface area contributed by atoms with Gasteiger partial charge >= 0.3 is 0 Å². The summed E-state index contributed by atoms with van der Waals surface area (Å²) in [4.78, 5) is 27.6. The van der Waals surface area contributed by atoms with Crippen molar-refractivity contribution in [2.45, 2.75) is 25.7 Å². The smallest absolute Gasteiger partial charge is 0.229 e. The molecule has 1 aromatic carbocycles. The van der Waals surface area contributed by atoms with Crippen LogP contribution in [0.4, 0.5) is 5.13 Å². The maximum atomic E-state index is 12.1. The molecule has 0 atom stereocenters. The van der Waals surface area contributed by atoms with E-state index in [9.17, 15) is 9.59 Å². The number of benzene rings is 1. The molecule has 0 aliphatic rings. The summed E-state index contributed by atoms with van der Waals surface area (Å²) in [5, 5.41) is 12.0. The van der Waals surface area contributed by atoms with Crippen molar-refractivity contribution >= 4 is 40.9 Å².